The van der Waals surface area contributed by atoms with E-state index in [-0.39, 0.29) is 6.54 Å². The third-order valence-electron chi connectivity index (χ3n) is 4.50. The predicted molar refractivity (Wildman–Crippen MR) is 113 cm³/mol. The van der Waals surface area contributed by atoms with E-state index in [1.807, 2.05) is 19.2 Å². The molecule has 0 aliphatic heterocycles. The number of carboxylic acids is 1. The van der Waals surface area contributed by atoms with Crippen LogP contribution in [0.3, 0.4) is 0 Å². The van der Waals surface area contributed by atoms with Crippen LogP contribution in [0, 0.1) is 6.92 Å². The van der Waals surface area contributed by atoms with E-state index in [1.54, 1.807) is 16.2 Å². The molecule has 0 radical (unpaired) electrons. The molecule has 0 saturated carbocycles. The standard InChI is InChI=1S/C23H23NO2S/c1-17-5-3-4-6-21(17)22(11-13-24(2)15-23(25)26)19-9-7-18(8-10-19)20-12-14-27-16-20/h3-12,14,16H,13,15H2,1-2H3,(H,25,26)/b22-11+. The fourth-order valence-electron chi connectivity index (χ4n) is 3.07. The van der Waals surface area contributed by atoms with E-state index >= 15 is 0 Å². The lowest BCUT2D eigenvalue weighted by Gasteiger charge is -2.16. The van der Waals surface area contributed by atoms with Gasteiger partial charge in [0.25, 0.3) is 0 Å². The SMILES string of the molecule is Cc1ccccc1/C(=C/CN(C)CC(=O)O)c1ccc(-c2ccsc2)cc1. The minimum absolute atomic E-state index is 0.0225. The molecule has 1 aromatic heterocycles. The van der Waals surface area contributed by atoms with Crippen molar-refractivity contribution in [1.82, 2.24) is 4.90 Å². The highest BCUT2D eigenvalue weighted by molar-refractivity contribution is 7.08. The molecule has 4 heteroatoms. The Kier molecular flexibility index (Phi) is 6.22. The van der Waals surface area contributed by atoms with Gasteiger partial charge < -0.3 is 5.11 Å². The van der Waals surface area contributed by atoms with Gasteiger partial charge in [-0.05, 0) is 64.2 Å². The Morgan fingerprint density at radius 3 is 2.44 bits per heavy atom. The highest BCUT2D eigenvalue weighted by Crippen LogP contribution is 2.29. The lowest BCUT2D eigenvalue weighted by molar-refractivity contribution is -0.137. The molecule has 0 atom stereocenters. The van der Waals surface area contributed by atoms with Gasteiger partial charge in [-0.1, -0.05) is 54.6 Å². The number of benzene rings is 2. The number of aryl methyl sites for hydroxylation is 1. The lowest BCUT2D eigenvalue weighted by Crippen LogP contribution is -2.25. The Morgan fingerprint density at radius 1 is 1.07 bits per heavy atom. The summed E-state index contributed by atoms with van der Waals surface area (Å²) in [4.78, 5) is 12.7. The summed E-state index contributed by atoms with van der Waals surface area (Å²) in [5, 5.41) is 13.2. The number of thiophene rings is 1. The van der Waals surface area contributed by atoms with E-state index in [2.05, 4.69) is 66.2 Å². The number of nitrogens with zero attached hydrogens (tertiary/aromatic N) is 1. The van der Waals surface area contributed by atoms with Crippen LogP contribution in [-0.4, -0.2) is 36.1 Å². The third kappa shape index (κ3) is 4.94. The molecule has 0 aliphatic carbocycles. The Balaban J connectivity index is 1.94. The maximum atomic E-state index is 10.9. The van der Waals surface area contributed by atoms with Crippen LogP contribution in [-0.2, 0) is 4.79 Å². The Hall–Kier alpha value is -2.69. The molecule has 138 valence electrons. The largest absolute Gasteiger partial charge is 0.480 e. The highest BCUT2D eigenvalue weighted by Gasteiger charge is 2.10. The first-order valence-corrected chi connectivity index (χ1v) is 9.78. The van der Waals surface area contributed by atoms with Crippen molar-refractivity contribution in [2.45, 2.75) is 6.92 Å². The zero-order valence-corrected chi connectivity index (χ0v) is 16.4. The molecule has 1 N–H and O–H groups in total. The van der Waals surface area contributed by atoms with E-state index in [0.29, 0.717) is 6.54 Å². The Morgan fingerprint density at radius 2 is 1.81 bits per heavy atom. The number of carbonyl (C=O) groups is 1. The molecule has 0 amide bonds. The third-order valence-corrected chi connectivity index (χ3v) is 5.18. The molecule has 0 aliphatic rings. The van der Waals surface area contributed by atoms with Crippen molar-refractivity contribution in [3.05, 3.63) is 88.1 Å². The molecule has 0 spiro atoms. The monoisotopic (exact) mass is 377 g/mol. The van der Waals surface area contributed by atoms with Crippen molar-refractivity contribution in [3.8, 4) is 11.1 Å². The van der Waals surface area contributed by atoms with Gasteiger partial charge in [0.2, 0.25) is 0 Å². The van der Waals surface area contributed by atoms with Crippen LogP contribution in [0.1, 0.15) is 16.7 Å². The number of hydrogen-bond donors (Lipinski definition) is 1. The summed E-state index contributed by atoms with van der Waals surface area (Å²) in [6.45, 7) is 2.70. The average molecular weight is 378 g/mol. The Labute approximate surface area is 164 Å². The quantitative estimate of drug-likeness (QED) is 0.617. The normalized spacial score (nSPS) is 11.7. The van der Waals surface area contributed by atoms with E-state index in [4.69, 9.17) is 5.11 Å². The topological polar surface area (TPSA) is 40.5 Å². The summed E-state index contributed by atoms with van der Waals surface area (Å²) in [6, 6.07) is 19.0. The minimum atomic E-state index is -0.816. The first-order valence-electron chi connectivity index (χ1n) is 8.84. The molecule has 0 bridgehead atoms. The second kappa shape index (κ2) is 8.80. The first-order chi connectivity index (χ1) is 13.0. The van der Waals surface area contributed by atoms with Gasteiger partial charge in [-0.25, -0.2) is 0 Å². The van der Waals surface area contributed by atoms with Crippen molar-refractivity contribution < 1.29 is 9.90 Å². The molecular weight excluding hydrogens is 354 g/mol. The van der Waals surface area contributed by atoms with E-state index in [1.165, 1.54) is 22.3 Å². The van der Waals surface area contributed by atoms with Crippen LogP contribution in [0.4, 0.5) is 0 Å². The van der Waals surface area contributed by atoms with E-state index < -0.39 is 5.97 Å². The van der Waals surface area contributed by atoms with Crippen LogP contribution in [0.2, 0.25) is 0 Å². The van der Waals surface area contributed by atoms with Gasteiger partial charge in [0.05, 0.1) is 6.54 Å². The van der Waals surface area contributed by atoms with Gasteiger partial charge in [0.1, 0.15) is 0 Å². The number of rotatable bonds is 7. The number of hydrogen-bond acceptors (Lipinski definition) is 3. The average Bonchev–Trinajstić information content (AvgIpc) is 3.18. The fourth-order valence-corrected chi connectivity index (χ4v) is 3.74. The van der Waals surface area contributed by atoms with Crippen LogP contribution < -0.4 is 0 Å². The smallest absolute Gasteiger partial charge is 0.317 e. The van der Waals surface area contributed by atoms with Gasteiger partial charge in [-0.15, -0.1) is 0 Å². The molecule has 27 heavy (non-hydrogen) atoms. The Bertz CT molecular complexity index is 927. The maximum absolute atomic E-state index is 10.9. The zero-order chi connectivity index (χ0) is 19.2. The molecule has 3 aromatic rings. The van der Waals surface area contributed by atoms with Crippen molar-refractivity contribution in [2.24, 2.45) is 0 Å². The summed E-state index contributed by atoms with van der Waals surface area (Å²) in [6.07, 6.45) is 2.12. The number of aliphatic carboxylic acids is 1. The van der Waals surface area contributed by atoms with Crippen LogP contribution in [0.5, 0.6) is 0 Å². The maximum Gasteiger partial charge on any atom is 0.317 e. The van der Waals surface area contributed by atoms with Gasteiger partial charge in [-0.2, -0.15) is 11.3 Å². The van der Waals surface area contributed by atoms with Crippen LogP contribution in [0.15, 0.2) is 71.4 Å². The molecule has 0 fully saturated rings. The fraction of sp³-hybridized carbons (Fsp3) is 0.174. The summed E-state index contributed by atoms with van der Waals surface area (Å²) in [5.41, 5.74) is 7.06. The molecular formula is C23H23NO2S. The second-order valence-electron chi connectivity index (χ2n) is 6.61. The summed E-state index contributed by atoms with van der Waals surface area (Å²) in [7, 11) is 1.82. The lowest BCUT2D eigenvalue weighted by atomic mass is 9.93. The molecule has 1 heterocycles. The molecule has 2 aromatic carbocycles. The van der Waals surface area contributed by atoms with Crippen LogP contribution >= 0.6 is 11.3 Å². The molecule has 0 saturated heterocycles. The van der Waals surface area contributed by atoms with Crippen molar-refractivity contribution in [3.63, 3.8) is 0 Å². The van der Waals surface area contributed by atoms with Crippen LogP contribution in [0.25, 0.3) is 16.7 Å². The predicted octanol–water partition coefficient (Wildman–Crippen LogP) is 5.17. The number of likely N-dealkylation sites (N-methyl/N-ethyl adjacent to an activating group) is 1. The second-order valence-corrected chi connectivity index (χ2v) is 7.39. The zero-order valence-electron chi connectivity index (χ0n) is 15.6. The number of carboxylic acid groups (broad SMARTS) is 1. The molecule has 3 nitrogen and oxygen atoms in total. The van der Waals surface area contributed by atoms with Gasteiger partial charge in [-0.3, -0.25) is 9.69 Å². The highest BCUT2D eigenvalue weighted by atomic mass is 32.1. The molecule has 3 rings (SSSR count). The van der Waals surface area contributed by atoms with Crippen molar-refractivity contribution in [1.29, 1.82) is 0 Å². The van der Waals surface area contributed by atoms with Gasteiger partial charge >= 0.3 is 5.97 Å². The summed E-state index contributed by atoms with van der Waals surface area (Å²) >= 11 is 1.70. The molecule has 0 unspecified atom stereocenters. The first kappa shape index (κ1) is 19.1. The summed E-state index contributed by atoms with van der Waals surface area (Å²) < 4.78 is 0. The minimum Gasteiger partial charge on any atom is -0.480 e. The van der Waals surface area contributed by atoms with E-state index in [9.17, 15) is 4.79 Å². The van der Waals surface area contributed by atoms with Crippen molar-refractivity contribution >= 4 is 22.9 Å². The van der Waals surface area contributed by atoms with Gasteiger partial charge in [0, 0.05) is 6.54 Å². The van der Waals surface area contributed by atoms with Crippen molar-refractivity contribution in [2.75, 3.05) is 20.1 Å². The van der Waals surface area contributed by atoms with E-state index in [0.717, 1.165) is 11.1 Å². The summed E-state index contributed by atoms with van der Waals surface area (Å²) in [5.74, 6) is -0.816. The van der Waals surface area contributed by atoms with Gasteiger partial charge in [0.15, 0.2) is 0 Å².